The van der Waals surface area contributed by atoms with Crippen LogP contribution >= 0.6 is 0 Å². The van der Waals surface area contributed by atoms with E-state index in [0.29, 0.717) is 12.1 Å². The molecule has 1 saturated carbocycles. The van der Waals surface area contributed by atoms with Gasteiger partial charge in [-0.05, 0) is 25.8 Å². The molecule has 0 radical (unpaired) electrons. The van der Waals surface area contributed by atoms with Gasteiger partial charge in [-0.15, -0.1) is 0 Å². The van der Waals surface area contributed by atoms with E-state index >= 15 is 0 Å². The summed E-state index contributed by atoms with van der Waals surface area (Å²) in [6.07, 6.45) is 8.81. The first-order valence-corrected chi connectivity index (χ1v) is 7.75. The summed E-state index contributed by atoms with van der Waals surface area (Å²) in [5.74, 6) is 0. The summed E-state index contributed by atoms with van der Waals surface area (Å²) in [6.45, 7) is 6.28. The van der Waals surface area contributed by atoms with Crippen LogP contribution in [0.1, 0.15) is 38.3 Å². The largest absolute Gasteiger partial charge is 0.375 e. The Labute approximate surface area is 115 Å². The zero-order valence-corrected chi connectivity index (χ0v) is 11.9. The fourth-order valence-corrected chi connectivity index (χ4v) is 3.57. The van der Waals surface area contributed by atoms with Gasteiger partial charge in [-0.1, -0.05) is 12.8 Å². The molecule has 2 fully saturated rings. The third-order valence-electron chi connectivity index (χ3n) is 4.61. The molecule has 2 aliphatic rings. The molecule has 0 spiro atoms. The number of aryl methyl sites for hydroxylation is 1. The first-order chi connectivity index (χ1) is 9.38. The third kappa shape index (κ3) is 2.84. The summed E-state index contributed by atoms with van der Waals surface area (Å²) in [4.78, 5) is 2.65. The molecule has 2 atom stereocenters. The molecule has 1 aliphatic heterocycles. The highest BCUT2D eigenvalue weighted by atomic mass is 16.5. The van der Waals surface area contributed by atoms with Crippen molar-refractivity contribution in [2.24, 2.45) is 0 Å². The Morgan fingerprint density at radius 3 is 3.16 bits per heavy atom. The monoisotopic (exact) mass is 263 g/mol. The Morgan fingerprint density at radius 2 is 2.26 bits per heavy atom. The topological polar surface area (TPSA) is 30.3 Å². The minimum absolute atomic E-state index is 0.499. The Kier molecular flexibility index (Phi) is 4.18. The van der Waals surface area contributed by atoms with Gasteiger partial charge in [-0.25, -0.2) is 0 Å². The van der Waals surface area contributed by atoms with E-state index in [2.05, 4.69) is 27.7 Å². The number of hydrogen-bond acceptors (Lipinski definition) is 3. The number of rotatable bonds is 4. The molecule has 4 heteroatoms. The smallest absolute Gasteiger partial charge is 0.0730 e. The first-order valence-electron chi connectivity index (χ1n) is 7.75. The van der Waals surface area contributed by atoms with Crippen molar-refractivity contribution in [3.63, 3.8) is 0 Å². The standard InChI is InChI=1S/C15H25N3O/c1-2-18-13(7-9-16-18)8-10-17-11-12-19-15-6-4-3-5-14(15)17/h7,9,14-15H,2-6,8,10-12H2,1H3/t14-,15+/m0/s1. The van der Waals surface area contributed by atoms with Gasteiger partial charge >= 0.3 is 0 Å². The highest BCUT2D eigenvalue weighted by molar-refractivity contribution is 5.01. The SMILES string of the molecule is CCn1nccc1CCN1CCO[C@@H]2CCCC[C@@H]21. The Bertz CT molecular complexity index is 402. The number of aromatic nitrogens is 2. The molecule has 19 heavy (non-hydrogen) atoms. The lowest BCUT2D eigenvalue weighted by Gasteiger charge is -2.43. The maximum atomic E-state index is 5.93. The van der Waals surface area contributed by atoms with Gasteiger partial charge in [-0.3, -0.25) is 9.58 Å². The normalized spacial score (nSPS) is 28.3. The number of nitrogens with zero attached hydrogens (tertiary/aromatic N) is 3. The summed E-state index contributed by atoms with van der Waals surface area (Å²) in [6, 6.07) is 2.82. The average Bonchev–Trinajstić information content (AvgIpc) is 2.92. The van der Waals surface area contributed by atoms with Crippen molar-refractivity contribution in [2.75, 3.05) is 19.7 Å². The van der Waals surface area contributed by atoms with E-state index < -0.39 is 0 Å². The Morgan fingerprint density at radius 1 is 1.37 bits per heavy atom. The second-order valence-corrected chi connectivity index (χ2v) is 5.69. The van der Waals surface area contributed by atoms with Gasteiger partial charge in [-0.2, -0.15) is 5.10 Å². The Balaban J connectivity index is 1.59. The van der Waals surface area contributed by atoms with E-state index in [4.69, 9.17) is 4.74 Å². The minimum Gasteiger partial charge on any atom is -0.375 e. The van der Waals surface area contributed by atoms with Crippen molar-refractivity contribution in [1.82, 2.24) is 14.7 Å². The van der Waals surface area contributed by atoms with Crippen molar-refractivity contribution in [2.45, 2.75) is 57.7 Å². The van der Waals surface area contributed by atoms with Crippen molar-refractivity contribution < 1.29 is 4.74 Å². The first kappa shape index (κ1) is 13.1. The van der Waals surface area contributed by atoms with Gasteiger partial charge < -0.3 is 4.74 Å². The van der Waals surface area contributed by atoms with Gasteiger partial charge in [0.15, 0.2) is 0 Å². The lowest BCUT2D eigenvalue weighted by Crippen LogP contribution is -2.53. The van der Waals surface area contributed by atoms with Crippen LogP contribution in [0.2, 0.25) is 0 Å². The van der Waals surface area contributed by atoms with Crippen LogP contribution in [0.5, 0.6) is 0 Å². The summed E-state index contributed by atoms with van der Waals surface area (Å²) in [5, 5.41) is 4.35. The molecule has 106 valence electrons. The number of morpholine rings is 1. The molecule has 0 unspecified atom stereocenters. The molecule has 2 heterocycles. The van der Waals surface area contributed by atoms with Crippen LogP contribution in [0.4, 0.5) is 0 Å². The molecular formula is C15H25N3O. The molecule has 0 aromatic carbocycles. The maximum Gasteiger partial charge on any atom is 0.0730 e. The zero-order valence-electron chi connectivity index (χ0n) is 11.9. The predicted octanol–water partition coefficient (Wildman–Crippen LogP) is 2.09. The van der Waals surface area contributed by atoms with Gasteiger partial charge in [0.2, 0.25) is 0 Å². The van der Waals surface area contributed by atoms with Crippen LogP contribution in [0.15, 0.2) is 12.3 Å². The van der Waals surface area contributed by atoms with Crippen LogP contribution in [-0.2, 0) is 17.7 Å². The second kappa shape index (κ2) is 6.06. The van der Waals surface area contributed by atoms with E-state index in [-0.39, 0.29) is 0 Å². The van der Waals surface area contributed by atoms with Gasteiger partial charge in [0.25, 0.3) is 0 Å². The zero-order chi connectivity index (χ0) is 13.1. The lowest BCUT2D eigenvalue weighted by atomic mass is 9.90. The molecule has 0 amide bonds. The van der Waals surface area contributed by atoms with Crippen molar-refractivity contribution in [3.8, 4) is 0 Å². The van der Waals surface area contributed by atoms with Crippen LogP contribution in [0.3, 0.4) is 0 Å². The molecule has 4 nitrogen and oxygen atoms in total. The van der Waals surface area contributed by atoms with Crippen molar-refractivity contribution >= 4 is 0 Å². The van der Waals surface area contributed by atoms with Crippen LogP contribution in [-0.4, -0.2) is 46.5 Å². The number of ether oxygens (including phenoxy) is 1. The van der Waals surface area contributed by atoms with E-state index in [1.807, 2.05) is 6.20 Å². The van der Waals surface area contributed by atoms with Crippen LogP contribution in [0.25, 0.3) is 0 Å². The van der Waals surface area contributed by atoms with Gasteiger partial charge in [0, 0.05) is 44.0 Å². The second-order valence-electron chi connectivity index (χ2n) is 5.69. The summed E-state index contributed by atoms with van der Waals surface area (Å²) in [5.41, 5.74) is 1.36. The molecule has 1 aliphatic carbocycles. The highest BCUT2D eigenvalue weighted by Gasteiger charge is 2.33. The van der Waals surface area contributed by atoms with Gasteiger partial charge in [0.05, 0.1) is 12.7 Å². The average molecular weight is 263 g/mol. The molecule has 0 bridgehead atoms. The maximum absolute atomic E-state index is 5.93. The predicted molar refractivity (Wildman–Crippen MR) is 75.2 cm³/mol. The number of hydrogen-bond donors (Lipinski definition) is 0. The molecule has 3 rings (SSSR count). The third-order valence-corrected chi connectivity index (χ3v) is 4.61. The molecule has 1 aromatic heterocycles. The van der Waals surface area contributed by atoms with Crippen molar-refractivity contribution in [3.05, 3.63) is 18.0 Å². The van der Waals surface area contributed by atoms with E-state index in [9.17, 15) is 0 Å². The minimum atomic E-state index is 0.499. The molecular weight excluding hydrogens is 238 g/mol. The van der Waals surface area contributed by atoms with Crippen molar-refractivity contribution in [1.29, 1.82) is 0 Å². The molecule has 1 aromatic rings. The Hall–Kier alpha value is -0.870. The molecule has 0 N–H and O–H groups in total. The molecule has 1 saturated heterocycles. The lowest BCUT2D eigenvalue weighted by molar-refractivity contribution is -0.0876. The van der Waals surface area contributed by atoms with E-state index in [0.717, 1.165) is 32.7 Å². The van der Waals surface area contributed by atoms with E-state index in [1.54, 1.807) is 0 Å². The fourth-order valence-electron chi connectivity index (χ4n) is 3.57. The van der Waals surface area contributed by atoms with E-state index in [1.165, 1.54) is 31.4 Å². The highest BCUT2D eigenvalue weighted by Crippen LogP contribution is 2.28. The fraction of sp³-hybridized carbons (Fsp3) is 0.800. The summed E-state index contributed by atoms with van der Waals surface area (Å²) >= 11 is 0. The summed E-state index contributed by atoms with van der Waals surface area (Å²) < 4.78 is 8.04. The summed E-state index contributed by atoms with van der Waals surface area (Å²) in [7, 11) is 0. The van der Waals surface area contributed by atoms with Crippen LogP contribution < -0.4 is 0 Å². The van der Waals surface area contributed by atoms with Gasteiger partial charge in [0.1, 0.15) is 0 Å². The number of fused-ring (bicyclic) bond motifs is 1. The van der Waals surface area contributed by atoms with Crippen LogP contribution in [0, 0.1) is 0 Å². The quantitative estimate of drug-likeness (QED) is 0.833.